The standard InChI is InChI=1S/C25H42F2N2O3.C2H6/c1-7-9-25(18(4)5,16-32-10-8-17(2)3)28-15-24(31)23(29-19(6)30)13-20-11-21(26)14-22(27)12-20;1-2/h11-12,14,17-18,23-24,28,31H,7-10,13,15-16H2,1-6H3,(H,29,30);1-2H3. The molecule has 0 aliphatic heterocycles. The van der Waals surface area contributed by atoms with Crippen LogP contribution in [0, 0.1) is 23.5 Å². The van der Waals surface area contributed by atoms with Gasteiger partial charge in [-0.1, -0.05) is 54.9 Å². The van der Waals surface area contributed by atoms with Gasteiger partial charge in [0.2, 0.25) is 5.91 Å². The summed E-state index contributed by atoms with van der Waals surface area (Å²) in [7, 11) is 0. The van der Waals surface area contributed by atoms with E-state index in [0.717, 1.165) is 25.3 Å². The highest BCUT2D eigenvalue weighted by Gasteiger charge is 2.34. The van der Waals surface area contributed by atoms with Gasteiger partial charge in [0.15, 0.2) is 0 Å². The lowest BCUT2D eigenvalue weighted by atomic mass is 9.82. The Morgan fingerprint density at radius 3 is 2.18 bits per heavy atom. The zero-order valence-corrected chi connectivity index (χ0v) is 22.5. The SMILES string of the molecule is CC.CCCC(COCCC(C)C)(NCC(O)C(Cc1cc(F)cc(F)c1)NC(C)=O)C(C)C. The molecule has 0 fully saturated rings. The van der Waals surface area contributed by atoms with Crippen molar-refractivity contribution >= 4 is 5.91 Å². The number of amides is 1. The Morgan fingerprint density at radius 2 is 1.71 bits per heavy atom. The molecule has 0 saturated carbocycles. The van der Waals surface area contributed by atoms with E-state index in [9.17, 15) is 18.7 Å². The molecule has 1 aromatic rings. The average molecular weight is 487 g/mol. The van der Waals surface area contributed by atoms with E-state index in [1.54, 1.807) is 0 Å². The molecule has 198 valence electrons. The summed E-state index contributed by atoms with van der Waals surface area (Å²) >= 11 is 0. The Kier molecular flexibility index (Phi) is 16.2. The number of hydrogen-bond acceptors (Lipinski definition) is 4. The maximum absolute atomic E-state index is 13.6. The summed E-state index contributed by atoms with van der Waals surface area (Å²) in [5.41, 5.74) is 0.0549. The maximum atomic E-state index is 13.6. The van der Waals surface area contributed by atoms with Crippen molar-refractivity contribution < 1.29 is 23.4 Å². The Labute approximate surface area is 206 Å². The highest BCUT2D eigenvalue weighted by molar-refractivity contribution is 5.73. The molecule has 0 saturated heterocycles. The van der Waals surface area contributed by atoms with Crippen LogP contribution in [-0.2, 0) is 16.0 Å². The number of carbonyl (C=O) groups is 1. The molecule has 5 nitrogen and oxygen atoms in total. The van der Waals surface area contributed by atoms with E-state index in [1.807, 2.05) is 13.8 Å². The van der Waals surface area contributed by atoms with Crippen LogP contribution in [0.15, 0.2) is 18.2 Å². The quantitative estimate of drug-likeness (QED) is 0.296. The normalized spacial score (nSPS) is 14.9. The predicted octanol–water partition coefficient (Wildman–Crippen LogP) is 5.25. The van der Waals surface area contributed by atoms with E-state index in [2.05, 4.69) is 45.3 Å². The van der Waals surface area contributed by atoms with Crippen LogP contribution >= 0.6 is 0 Å². The molecule has 1 rings (SSSR count). The smallest absolute Gasteiger partial charge is 0.217 e. The van der Waals surface area contributed by atoms with Crippen LogP contribution in [0.4, 0.5) is 8.78 Å². The fourth-order valence-corrected chi connectivity index (χ4v) is 3.87. The first kappa shape index (κ1) is 32.4. The van der Waals surface area contributed by atoms with E-state index in [-0.39, 0.29) is 30.3 Å². The number of aliphatic hydroxyl groups is 1. The third-order valence-electron chi connectivity index (χ3n) is 5.89. The Bertz CT molecular complexity index is 680. The van der Waals surface area contributed by atoms with Crippen molar-refractivity contribution in [3.8, 4) is 0 Å². The fourth-order valence-electron chi connectivity index (χ4n) is 3.87. The topological polar surface area (TPSA) is 70.6 Å². The van der Waals surface area contributed by atoms with Gasteiger partial charge in [-0.15, -0.1) is 0 Å². The number of carbonyl (C=O) groups excluding carboxylic acids is 1. The summed E-state index contributed by atoms with van der Waals surface area (Å²) in [5, 5.41) is 17.1. The van der Waals surface area contributed by atoms with Gasteiger partial charge in [0, 0.05) is 31.7 Å². The van der Waals surface area contributed by atoms with Crippen LogP contribution < -0.4 is 10.6 Å². The van der Waals surface area contributed by atoms with Gasteiger partial charge >= 0.3 is 0 Å². The first-order valence-corrected chi connectivity index (χ1v) is 12.7. The van der Waals surface area contributed by atoms with Gasteiger partial charge in [0.1, 0.15) is 11.6 Å². The summed E-state index contributed by atoms with van der Waals surface area (Å²) in [6.07, 6.45) is 1.98. The highest BCUT2D eigenvalue weighted by atomic mass is 19.1. The second-order valence-corrected chi connectivity index (χ2v) is 9.53. The van der Waals surface area contributed by atoms with E-state index < -0.39 is 23.8 Å². The number of β-amino-alcohol motifs (C(OH)–C–C–N with tert-alkyl or cyclic N) is 1. The fraction of sp³-hybridized carbons (Fsp3) is 0.741. The average Bonchev–Trinajstić information content (AvgIpc) is 2.74. The van der Waals surface area contributed by atoms with Gasteiger partial charge in [0.05, 0.1) is 18.8 Å². The number of rotatable bonds is 15. The van der Waals surface area contributed by atoms with E-state index in [1.165, 1.54) is 19.1 Å². The molecule has 1 aromatic carbocycles. The molecule has 1 amide bonds. The van der Waals surface area contributed by atoms with Crippen molar-refractivity contribution in [2.75, 3.05) is 19.8 Å². The molecule has 0 radical (unpaired) electrons. The molecule has 3 unspecified atom stereocenters. The molecule has 3 atom stereocenters. The summed E-state index contributed by atoms with van der Waals surface area (Å²) in [6.45, 7) is 17.5. The largest absolute Gasteiger partial charge is 0.390 e. The van der Waals surface area contributed by atoms with Gasteiger partial charge in [-0.2, -0.15) is 0 Å². The Hall–Kier alpha value is -1.57. The summed E-state index contributed by atoms with van der Waals surface area (Å²) in [6, 6.07) is 2.55. The first-order chi connectivity index (χ1) is 16.0. The van der Waals surface area contributed by atoms with Crippen molar-refractivity contribution in [3.05, 3.63) is 35.4 Å². The maximum Gasteiger partial charge on any atom is 0.217 e. The summed E-state index contributed by atoms with van der Waals surface area (Å²) in [5.74, 6) is -0.864. The van der Waals surface area contributed by atoms with Crippen LogP contribution in [0.5, 0.6) is 0 Å². The van der Waals surface area contributed by atoms with Gasteiger partial charge in [-0.25, -0.2) is 8.78 Å². The lowest BCUT2D eigenvalue weighted by Gasteiger charge is -2.40. The lowest BCUT2D eigenvalue weighted by Crippen LogP contribution is -2.58. The third-order valence-corrected chi connectivity index (χ3v) is 5.89. The zero-order valence-electron chi connectivity index (χ0n) is 22.5. The minimum absolute atomic E-state index is 0.116. The molecule has 0 bridgehead atoms. The van der Waals surface area contributed by atoms with Crippen molar-refractivity contribution in [2.24, 2.45) is 11.8 Å². The van der Waals surface area contributed by atoms with Crippen molar-refractivity contribution in [1.82, 2.24) is 10.6 Å². The van der Waals surface area contributed by atoms with Gasteiger partial charge in [-0.05, 0) is 48.8 Å². The minimum atomic E-state index is -0.948. The number of ether oxygens (including phenoxy) is 1. The van der Waals surface area contributed by atoms with Crippen LogP contribution in [0.3, 0.4) is 0 Å². The zero-order chi connectivity index (χ0) is 26.3. The number of halogens is 2. The van der Waals surface area contributed by atoms with Crippen LogP contribution in [0.2, 0.25) is 0 Å². The number of hydrogen-bond donors (Lipinski definition) is 3. The monoisotopic (exact) mass is 486 g/mol. The van der Waals surface area contributed by atoms with Crippen molar-refractivity contribution in [2.45, 2.75) is 98.8 Å². The van der Waals surface area contributed by atoms with E-state index in [0.29, 0.717) is 24.7 Å². The van der Waals surface area contributed by atoms with Crippen LogP contribution in [0.1, 0.15) is 80.2 Å². The number of benzene rings is 1. The Balaban J connectivity index is 0.00000529. The first-order valence-electron chi connectivity index (χ1n) is 12.7. The molecule has 0 spiro atoms. The molecular weight excluding hydrogens is 438 g/mol. The molecule has 0 aliphatic rings. The van der Waals surface area contributed by atoms with Gasteiger partial charge in [-0.3, -0.25) is 4.79 Å². The molecule has 0 aliphatic carbocycles. The third kappa shape index (κ3) is 12.2. The van der Waals surface area contributed by atoms with E-state index >= 15 is 0 Å². The number of aliphatic hydroxyl groups excluding tert-OH is 1. The van der Waals surface area contributed by atoms with Gasteiger partial charge in [0.25, 0.3) is 0 Å². The van der Waals surface area contributed by atoms with Crippen LogP contribution in [-0.4, -0.2) is 48.5 Å². The predicted molar refractivity (Wildman–Crippen MR) is 136 cm³/mol. The van der Waals surface area contributed by atoms with Gasteiger partial charge < -0.3 is 20.5 Å². The second kappa shape index (κ2) is 17.0. The molecule has 0 heterocycles. The van der Waals surface area contributed by atoms with Crippen molar-refractivity contribution in [3.63, 3.8) is 0 Å². The summed E-state index contributed by atoms with van der Waals surface area (Å²) < 4.78 is 33.2. The summed E-state index contributed by atoms with van der Waals surface area (Å²) in [4.78, 5) is 11.7. The molecular formula is C27H48F2N2O3. The molecule has 3 N–H and O–H groups in total. The molecule has 0 aromatic heterocycles. The minimum Gasteiger partial charge on any atom is -0.390 e. The number of nitrogens with one attached hydrogen (secondary N) is 2. The molecule has 34 heavy (non-hydrogen) atoms. The van der Waals surface area contributed by atoms with Crippen molar-refractivity contribution in [1.29, 1.82) is 0 Å². The Morgan fingerprint density at radius 1 is 1.12 bits per heavy atom. The highest BCUT2D eigenvalue weighted by Crippen LogP contribution is 2.24. The van der Waals surface area contributed by atoms with E-state index in [4.69, 9.17) is 4.74 Å². The second-order valence-electron chi connectivity index (χ2n) is 9.53. The molecule has 7 heteroatoms. The van der Waals surface area contributed by atoms with Crippen LogP contribution in [0.25, 0.3) is 0 Å². The lowest BCUT2D eigenvalue weighted by molar-refractivity contribution is -0.120.